The van der Waals surface area contributed by atoms with Crippen LogP contribution in [0, 0.1) is 0 Å². The van der Waals surface area contributed by atoms with Crippen molar-refractivity contribution in [2.45, 2.75) is 57.8 Å². The molecule has 0 rings (SSSR count). The number of amides is 4. The highest BCUT2D eigenvalue weighted by molar-refractivity contribution is 5.77. The predicted octanol–water partition coefficient (Wildman–Crippen LogP) is -2.60. The lowest BCUT2D eigenvalue weighted by Gasteiger charge is -2.26. The molecule has 0 saturated heterocycles. The van der Waals surface area contributed by atoms with Crippen molar-refractivity contribution < 1.29 is 19.2 Å². The molecule has 0 radical (unpaired) electrons. The van der Waals surface area contributed by atoms with Gasteiger partial charge in [0.15, 0.2) is 0 Å². The summed E-state index contributed by atoms with van der Waals surface area (Å²) in [5, 5.41) is 11.5. The molecule has 0 aliphatic rings. The first kappa shape index (κ1) is 38.6. The van der Waals surface area contributed by atoms with Crippen molar-refractivity contribution in [1.82, 2.24) is 31.1 Å². The van der Waals surface area contributed by atoms with Crippen molar-refractivity contribution in [2.75, 3.05) is 91.6 Å². The van der Waals surface area contributed by atoms with Gasteiger partial charge in [0.2, 0.25) is 23.6 Å². The molecule has 12 N–H and O–H groups in total. The Morgan fingerprint density at radius 3 is 0.854 bits per heavy atom. The molecule has 0 aromatic heterocycles. The largest absolute Gasteiger partial charge is 0.356 e. The summed E-state index contributed by atoms with van der Waals surface area (Å²) in [6, 6.07) is 0. The Morgan fingerprint density at radius 2 is 0.634 bits per heavy atom. The number of hydrogen-bond acceptors (Lipinski definition) is 10. The van der Waals surface area contributed by atoms with E-state index in [9.17, 15) is 19.2 Å². The SMILES string of the molecule is NCCCNC(=O)CCN(CCCN(CCC(=O)NCCCN)CCC(=O)NCCCN)CCC(=O)NCCCN. The lowest BCUT2D eigenvalue weighted by atomic mass is 10.2. The highest BCUT2D eigenvalue weighted by Crippen LogP contribution is 2.02. The zero-order valence-corrected chi connectivity index (χ0v) is 25.1. The van der Waals surface area contributed by atoms with Gasteiger partial charge < -0.3 is 54.0 Å². The molecule has 240 valence electrons. The van der Waals surface area contributed by atoms with Crippen LogP contribution in [0.25, 0.3) is 0 Å². The number of rotatable bonds is 28. The molecule has 0 atom stereocenters. The summed E-state index contributed by atoms with van der Waals surface area (Å²) in [6.07, 6.45) is 4.98. The summed E-state index contributed by atoms with van der Waals surface area (Å²) >= 11 is 0. The predicted molar refractivity (Wildman–Crippen MR) is 163 cm³/mol. The highest BCUT2D eigenvalue weighted by atomic mass is 16.2. The topological polar surface area (TPSA) is 227 Å². The Morgan fingerprint density at radius 1 is 0.390 bits per heavy atom. The summed E-state index contributed by atoms with van der Waals surface area (Å²) in [5.74, 6) is -0.171. The first-order valence-corrected chi connectivity index (χ1v) is 15.2. The minimum Gasteiger partial charge on any atom is -0.356 e. The fourth-order valence-corrected chi connectivity index (χ4v) is 3.90. The smallest absolute Gasteiger partial charge is 0.221 e. The molecule has 0 unspecified atom stereocenters. The van der Waals surface area contributed by atoms with Crippen LogP contribution in [-0.2, 0) is 19.2 Å². The molecule has 0 aliphatic heterocycles. The van der Waals surface area contributed by atoms with E-state index in [1.807, 2.05) is 0 Å². The molecule has 14 nitrogen and oxygen atoms in total. The van der Waals surface area contributed by atoms with E-state index >= 15 is 0 Å². The Bertz CT molecular complexity index is 591. The van der Waals surface area contributed by atoms with E-state index in [-0.39, 0.29) is 23.6 Å². The average Bonchev–Trinajstić information content (AvgIpc) is 2.95. The molecular formula is C27H58N10O4. The van der Waals surface area contributed by atoms with Crippen LogP contribution < -0.4 is 44.2 Å². The van der Waals surface area contributed by atoms with E-state index in [2.05, 4.69) is 31.1 Å². The maximum atomic E-state index is 12.2. The maximum absolute atomic E-state index is 12.2. The van der Waals surface area contributed by atoms with Gasteiger partial charge in [0, 0.05) is 78.0 Å². The molecule has 4 amide bonds. The van der Waals surface area contributed by atoms with Gasteiger partial charge in [0.25, 0.3) is 0 Å². The van der Waals surface area contributed by atoms with Crippen LogP contribution in [0.4, 0.5) is 0 Å². The van der Waals surface area contributed by atoms with Crippen LogP contribution >= 0.6 is 0 Å². The second-order valence-corrected chi connectivity index (χ2v) is 10.0. The third-order valence-electron chi connectivity index (χ3n) is 6.38. The van der Waals surface area contributed by atoms with Gasteiger partial charge in [0.05, 0.1) is 0 Å². The van der Waals surface area contributed by atoms with E-state index in [0.717, 1.165) is 32.1 Å². The average molecular weight is 587 g/mol. The van der Waals surface area contributed by atoms with E-state index in [1.165, 1.54) is 0 Å². The Kier molecular flexibility index (Phi) is 26.2. The van der Waals surface area contributed by atoms with Crippen molar-refractivity contribution in [1.29, 1.82) is 0 Å². The molecule has 0 spiro atoms. The quantitative estimate of drug-likeness (QED) is 0.0446. The summed E-state index contributed by atoms with van der Waals surface area (Å²) < 4.78 is 0. The number of nitrogens with zero attached hydrogens (tertiary/aromatic N) is 2. The third-order valence-corrected chi connectivity index (χ3v) is 6.38. The number of nitrogens with one attached hydrogen (secondary N) is 4. The number of hydrogen-bond donors (Lipinski definition) is 8. The number of nitrogens with two attached hydrogens (primary N) is 4. The molecular weight excluding hydrogens is 528 g/mol. The van der Waals surface area contributed by atoms with E-state index in [0.29, 0.717) is 117 Å². The van der Waals surface area contributed by atoms with Crippen molar-refractivity contribution in [2.24, 2.45) is 22.9 Å². The molecule has 0 heterocycles. The van der Waals surface area contributed by atoms with Gasteiger partial charge in [-0.25, -0.2) is 0 Å². The summed E-state index contributed by atoms with van der Waals surface area (Å²) in [4.78, 5) is 53.2. The first-order chi connectivity index (χ1) is 19.9. The van der Waals surface area contributed by atoms with Gasteiger partial charge >= 0.3 is 0 Å². The molecule has 0 aliphatic carbocycles. The molecule has 14 heteroatoms. The van der Waals surface area contributed by atoms with Crippen LogP contribution in [0.1, 0.15) is 57.8 Å². The van der Waals surface area contributed by atoms with Gasteiger partial charge in [0.1, 0.15) is 0 Å². The van der Waals surface area contributed by atoms with Crippen LogP contribution in [0.2, 0.25) is 0 Å². The minimum atomic E-state index is -0.0428. The third kappa shape index (κ3) is 25.1. The first-order valence-electron chi connectivity index (χ1n) is 15.2. The van der Waals surface area contributed by atoms with Crippen molar-refractivity contribution in [3.8, 4) is 0 Å². The maximum Gasteiger partial charge on any atom is 0.221 e. The zero-order valence-electron chi connectivity index (χ0n) is 25.1. The number of carbonyl (C=O) groups excluding carboxylic acids is 4. The fraction of sp³-hybridized carbons (Fsp3) is 0.852. The van der Waals surface area contributed by atoms with E-state index in [1.54, 1.807) is 0 Å². The normalized spacial score (nSPS) is 11.1. The summed E-state index contributed by atoms with van der Waals surface area (Å²) in [5.41, 5.74) is 22.0. The Hall–Kier alpha value is -2.36. The van der Waals surface area contributed by atoms with Crippen molar-refractivity contribution in [3.63, 3.8) is 0 Å². The lowest BCUT2D eigenvalue weighted by molar-refractivity contribution is -0.123. The van der Waals surface area contributed by atoms with Gasteiger partial charge in [-0.15, -0.1) is 0 Å². The van der Waals surface area contributed by atoms with Crippen LogP contribution in [0.15, 0.2) is 0 Å². The van der Waals surface area contributed by atoms with Crippen LogP contribution in [-0.4, -0.2) is 125 Å². The van der Waals surface area contributed by atoms with E-state index < -0.39 is 0 Å². The van der Waals surface area contributed by atoms with Gasteiger partial charge in [-0.3, -0.25) is 19.2 Å². The molecule has 41 heavy (non-hydrogen) atoms. The molecule has 0 fully saturated rings. The van der Waals surface area contributed by atoms with Gasteiger partial charge in [-0.2, -0.15) is 0 Å². The Balaban J connectivity index is 4.96. The monoisotopic (exact) mass is 586 g/mol. The highest BCUT2D eigenvalue weighted by Gasteiger charge is 2.14. The van der Waals surface area contributed by atoms with Crippen molar-refractivity contribution >= 4 is 23.6 Å². The summed E-state index contributed by atoms with van der Waals surface area (Å²) in [6.45, 7) is 7.73. The fourth-order valence-electron chi connectivity index (χ4n) is 3.90. The molecule has 0 saturated carbocycles. The van der Waals surface area contributed by atoms with Crippen molar-refractivity contribution in [3.05, 3.63) is 0 Å². The molecule has 0 bridgehead atoms. The molecule has 0 aromatic carbocycles. The number of carbonyl (C=O) groups is 4. The Labute approximate surface area is 246 Å². The lowest BCUT2D eigenvalue weighted by Crippen LogP contribution is -2.38. The van der Waals surface area contributed by atoms with E-state index in [4.69, 9.17) is 22.9 Å². The van der Waals surface area contributed by atoms with Crippen LogP contribution in [0.5, 0.6) is 0 Å². The van der Waals surface area contributed by atoms with Gasteiger partial charge in [-0.05, 0) is 71.4 Å². The minimum absolute atomic E-state index is 0.0428. The van der Waals surface area contributed by atoms with Crippen LogP contribution in [0.3, 0.4) is 0 Å². The standard InChI is InChI=1S/C27H58N10O4/c28-10-1-14-32-24(38)6-20-36(21-7-25(39)33-15-2-11-29)18-5-19-37(22-8-26(40)34-16-3-12-30)23-9-27(41)35-17-4-13-31/h1-23,28-31H2,(H,32,38)(H,33,39)(H,34,40)(H,35,41). The second-order valence-electron chi connectivity index (χ2n) is 10.0. The molecule has 0 aromatic rings. The second kappa shape index (κ2) is 27.8. The summed E-state index contributed by atoms with van der Waals surface area (Å²) in [7, 11) is 0. The van der Waals surface area contributed by atoms with Gasteiger partial charge in [-0.1, -0.05) is 0 Å². The zero-order chi connectivity index (χ0) is 30.6.